The molecule has 1 amide bonds. The number of hydrogen-bond donors (Lipinski definition) is 0. The highest BCUT2D eigenvalue weighted by molar-refractivity contribution is 5.96. The van der Waals surface area contributed by atoms with Crippen molar-refractivity contribution in [2.75, 3.05) is 33.3 Å². The number of methoxy groups -OCH3 is 1. The topological polar surface area (TPSA) is 69.5 Å². The second-order valence-corrected chi connectivity index (χ2v) is 4.69. The van der Waals surface area contributed by atoms with Crippen LogP contribution in [-0.4, -0.2) is 60.0 Å². The summed E-state index contributed by atoms with van der Waals surface area (Å²) in [6.45, 7) is 4.53. The van der Waals surface area contributed by atoms with E-state index in [4.69, 9.17) is 10.00 Å². The molecule has 1 atom stereocenters. The van der Waals surface area contributed by atoms with E-state index in [9.17, 15) is 4.79 Å². The number of ether oxygens (including phenoxy) is 1. The molecule has 6 nitrogen and oxygen atoms in total. The fourth-order valence-corrected chi connectivity index (χ4v) is 2.28. The molecule has 6 heteroatoms. The fourth-order valence-electron chi connectivity index (χ4n) is 2.28. The smallest absolute Gasteiger partial charge is 0.259 e. The van der Waals surface area contributed by atoms with Gasteiger partial charge < -0.3 is 9.64 Å². The Morgan fingerprint density at radius 3 is 2.75 bits per heavy atom. The molecule has 1 aromatic heterocycles. The van der Waals surface area contributed by atoms with Crippen LogP contribution in [0, 0.1) is 11.3 Å². The molecule has 1 aliphatic rings. The van der Waals surface area contributed by atoms with Crippen LogP contribution in [0.1, 0.15) is 17.3 Å². The van der Waals surface area contributed by atoms with E-state index in [0.717, 1.165) is 0 Å². The molecule has 1 aromatic rings. The maximum Gasteiger partial charge on any atom is 0.259 e. The number of carbonyl (C=O) groups excluding carboxylic acids is 1. The Balaban J connectivity index is 2.04. The van der Waals surface area contributed by atoms with Crippen LogP contribution in [0.5, 0.6) is 5.88 Å². The zero-order valence-corrected chi connectivity index (χ0v) is 11.7. The molecule has 0 radical (unpaired) electrons. The van der Waals surface area contributed by atoms with Gasteiger partial charge in [-0.05, 0) is 19.1 Å². The van der Waals surface area contributed by atoms with Gasteiger partial charge in [-0.3, -0.25) is 9.69 Å². The number of piperazine rings is 1. The Bertz CT molecular complexity index is 518. The number of carbonyl (C=O) groups is 1. The van der Waals surface area contributed by atoms with Crippen molar-refractivity contribution in [1.82, 2.24) is 14.8 Å². The summed E-state index contributed by atoms with van der Waals surface area (Å²) in [5.74, 6) is 0.282. The van der Waals surface area contributed by atoms with E-state index in [1.165, 1.54) is 7.11 Å². The summed E-state index contributed by atoms with van der Waals surface area (Å²) < 4.78 is 5.12. The molecule has 1 unspecified atom stereocenters. The van der Waals surface area contributed by atoms with Gasteiger partial charge in [0.05, 0.1) is 19.2 Å². The summed E-state index contributed by atoms with van der Waals surface area (Å²) in [5.41, 5.74) is 0.483. The summed E-state index contributed by atoms with van der Waals surface area (Å²) >= 11 is 0. The molecular formula is C14H18N4O2. The van der Waals surface area contributed by atoms with Crippen LogP contribution < -0.4 is 4.74 Å². The molecule has 20 heavy (non-hydrogen) atoms. The van der Waals surface area contributed by atoms with Crippen molar-refractivity contribution >= 4 is 5.91 Å². The van der Waals surface area contributed by atoms with Crippen LogP contribution in [0.25, 0.3) is 0 Å². The van der Waals surface area contributed by atoms with Crippen molar-refractivity contribution in [2.45, 2.75) is 13.0 Å². The number of nitrogens with zero attached hydrogens (tertiary/aromatic N) is 4. The summed E-state index contributed by atoms with van der Waals surface area (Å²) in [7, 11) is 1.51. The lowest BCUT2D eigenvalue weighted by molar-refractivity contribution is 0.0612. The number of rotatable bonds is 3. The van der Waals surface area contributed by atoms with Crippen LogP contribution in [0.2, 0.25) is 0 Å². The lowest BCUT2D eigenvalue weighted by Gasteiger charge is -2.35. The Kier molecular flexibility index (Phi) is 4.53. The molecule has 0 spiro atoms. The van der Waals surface area contributed by atoms with Gasteiger partial charge in [0.25, 0.3) is 5.91 Å². The van der Waals surface area contributed by atoms with Crippen molar-refractivity contribution in [3.63, 3.8) is 0 Å². The SMILES string of the molecule is COc1ncccc1C(=O)N1CCN(C(C)C#N)CC1. The van der Waals surface area contributed by atoms with E-state index >= 15 is 0 Å². The minimum atomic E-state index is -0.111. The van der Waals surface area contributed by atoms with Gasteiger partial charge in [-0.1, -0.05) is 0 Å². The minimum absolute atomic E-state index is 0.0702. The van der Waals surface area contributed by atoms with Crippen LogP contribution in [0.4, 0.5) is 0 Å². The Morgan fingerprint density at radius 2 is 2.15 bits per heavy atom. The van der Waals surface area contributed by atoms with Crippen LogP contribution >= 0.6 is 0 Å². The number of pyridine rings is 1. The maximum atomic E-state index is 12.4. The molecule has 0 saturated carbocycles. The zero-order chi connectivity index (χ0) is 14.5. The van der Waals surface area contributed by atoms with Gasteiger partial charge in [-0.25, -0.2) is 4.98 Å². The summed E-state index contributed by atoms with van der Waals surface area (Å²) in [5, 5.41) is 8.91. The number of aromatic nitrogens is 1. The lowest BCUT2D eigenvalue weighted by Crippen LogP contribution is -2.51. The third kappa shape index (κ3) is 2.89. The number of nitriles is 1. The van der Waals surface area contributed by atoms with Crippen LogP contribution in [0.15, 0.2) is 18.3 Å². The third-order valence-electron chi connectivity index (χ3n) is 3.53. The molecule has 1 saturated heterocycles. The van der Waals surface area contributed by atoms with Crippen molar-refractivity contribution in [2.24, 2.45) is 0 Å². The van der Waals surface area contributed by atoms with E-state index in [2.05, 4.69) is 16.0 Å². The first-order valence-electron chi connectivity index (χ1n) is 6.59. The van der Waals surface area contributed by atoms with Crippen molar-refractivity contribution in [1.29, 1.82) is 5.26 Å². The third-order valence-corrected chi connectivity index (χ3v) is 3.53. The van der Waals surface area contributed by atoms with Gasteiger partial charge in [0.1, 0.15) is 5.56 Å². The average molecular weight is 274 g/mol. The quantitative estimate of drug-likeness (QED) is 0.814. The van der Waals surface area contributed by atoms with E-state index in [0.29, 0.717) is 37.6 Å². The van der Waals surface area contributed by atoms with E-state index in [1.54, 1.807) is 23.2 Å². The van der Waals surface area contributed by atoms with Crippen molar-refractivity contribution < 1.29 is 9.53 Å². The van der Waals surface area contributed by atoms with E-state index in [1.807, 2.05) is 6.92 Å². The highest BCUT2D eigenvalue weighted by atomic mass is 16.5. The summed E-state index contributed by atoms with van der Waals surface area (Å²) in [6, 6.07) is 5.56. The van der Waals surface area contributed by atoms with Gasteiger partial charge in [0.2, 0.25) is 5.88 Å². The monoisotopic (exact) mass is 274 g/mol. The predicted molar refractivity (Wildman–Crippen MR) is 73.3 cm³/mol. The normalized spacial score (nSPS) is 17.4. The molecule has 2 heterocycles. The van der Waals surface area contributed by atoms with Crippen molar-refractivity contribution in [3.8, 4) is 11.9 Å². The average Bonchev–Trinajstić information content (AvgIpc) is 2.53. The first-order valence-corrected chi connectivity index (χ1v) is 6.59. The molecule has 0 N–H and O–H groups in total. The lowest BCUT2D eigenvalue weighted by atomic mass is 10.2. The molecular weight excluding hydrogens is 256 g/mol. The Morgan fingerprint density at radius 1 is 1.45 bits per heavy atom. The molecule has 2 rings (SSSR count). The predicted octanol–water partition coefficient (Wildman–Crippen LogP) is 0.760. The molecule has 0 aliphatic carbocycles. The second-order valence-electron chi connectivity index (χ2n) is 4.69. The van der Waals surface area contributed by atoms with Crippen molar-refractivity contribution in [3.05, 3.63) is 23.9 Å². The van der Waals surface area contributed by atoms with Crippen LogP contribution in [0.3, 0.4) is 0 Å². The standard InChI is InChI=1S/C14H18N4O2/c1-11(10-15)17-6-8-18(9-7-17)14(19)12-4-3-5-16-13(12)20-2/h3-5,11H,6-9H2,1-2H3. The molecule has 0 bridgehead atoms. The van der Waals surface area contributed by atoms with Crippen LogP contribution in [-0.2, 0) is 0 Å². The molecule has 1 aliphatic heterocycles. The van der Waals surface area contributed by atoms with Gasteiger partial charge in [0.15, 0.2) is 0 Å². The first kappa shape index (κ1) is 14.3. The first-order chi connectivity index (χ1) is 9.67. The molecule has 0 aromatic carbocycles. The zero-order valence-electron chi connectivity index (χ0n) is 11.7. The second kappa shape index (κ2) is 6.35. The maximum absolute atomic E-state index is 12.4. The largest absolute Gasteiger partial charge is 0.480 e. The minimum Gasteiger partial charge on any atom is -0.480 e. The van der Waals surface area contributed by atoms with Gasteiger partial charge in [-0.2, -0.15) is 5.26 Å². The summed E-state index contributed by atoms with van der Waals surface area (Å²) in [4.78, 5) is 20.3. The van der Waals surface area contributed by atoms with E-state index in [-0.39, 0.29) is 11.9 Å². The van der Waals surface area contributed by atoms with Gasteiger partial charge in [0, 0.05) is 32.4 Å². The van der Waals surface area contributed by atoms with Gasteiger partial charge in [-0.15, -0.1) is 0 Å². The highest BCUT2D eigenvalue weighted by Gasteiger charge is 2.26. The Hall–Kier alpha value is -2.13. The fraction of sp³-hybridized carbons (Fsp3) is 0.500. The summed E-state index contributed by atoms with van der Waals surface area (Å²) in [6.07, 6.45) is 1.60. The molecule has 1 fully saturated rings. The molecule has 106 valence electrons. The Labute approximate surface area is 118 Å². The van der Waals surface area contributed by atoms with Gasteiger partial charge >= 0.3 is 0 Å². The number of amides is 1. The number of hydrogen-bond acceptors (Lipinski definition) is 5. The highest BCUT2D eigenvalue weighted by Crippen LogP contribution is 2.17. The van der Waals surface area contributed by atoms with E-state index < -0.39 is 0 Å².